The summed E-state index contributed by atoms with van der Waals surface area (Å²) in [7, 11) is 0. The van der Waals surface area contributed by atoms with Crippen LogP contribution in [0.4, 0.5) is 17.6 Å². The standard InChI is InChI=1S/C21H19F4N3O/c1-13(28-6-4-21(24,25)5-7-28)18-10-19-14(11-26-18)8-16(12-27-19)29-20-3-2-15(22)9-17(20)23/h2-3,8-13H,4-7H2,1H3. The van der Waals surface area contributed by atoms with Gasteiger partial charge in [0.1, 0.15) is 11.6 Å². The second-order valence-electron chi connectivity index (χ2n) is 7.22. The second-order valence-corrected chi connectivity index (χ2v) is 7.22. The summed E-state index contributed by atoms with van der Waals surface area (Å²) in [6.45, 7) is 2.57. The number of benzene rings is 1. The maximum atomic E-state index is 13.8. The lowest BCUT2D eigenvalue weighted by molar-refractivity contribution is -0.0623. The molecule has 1 aliphatic rings. The van der Waals surface area contributed by atoms with E-state index in [2.05, 4.69) is 9.97 Å². The molecule has 2 aromatic heterocycles. The van der Waals surface area contributed by atoms with E-state index in [1.54, 1.807) is 12.3 Å². The maximum absolute atomic E-state index is 13.8. The van der Waals surface area contributed by atoms with Crippen LogP contribution in [-0.4, -0.2) is 33.9 Å². The molecule has 0 bridgehead atoms. The molecule has 4 nitrogen and oxygen atoms in total. The van der Waals surface area contributed by atoms with Crippen LogP contribution in [0.3, 0.4) is 0 Å². The van der Waals surface area contributed by atoms with Gasteiger partial charge in [0.25, 0.3) is 5.92 Å². The van der Waals surface area contributed by atoms with Gasteiger partial charge < -0.3 is 4.74 Å². The van der Waals surface area contributed by atoms with Crippen molar-refractivity contribution in [3.63, 3.8) is 0 Å². The Morgan fingerprint density at radius 2 is 1.79 bits per heavy atom. The SMILES string of the molecule is CC(c1cc2ncc(Oc3ccc(F)cc3F)cc2cn1)N1CCC(F)(F)CC1. The summed E-state index contributed by atoms with van der Waals surface area (Å²) < 4.78 is 59.0. The van der Waals surface area contributed by atoms with Crippen LogP contribution in [0.25, 0.3) is 10.9 Å². The molecule has 1 atom stereocenters. The van der Waals surface area contributed by atoms with E-state index in [1.807, 2.05) is 17.9 Å². The molecule has 1 unspecified atom stereocenters. The average molecular weight is 405 g/mol. The molecule has 1 fully saturated rings. The maximum Gasteiger partial charge on any atom is 0.250 e. The van der Waals surface area contributed by atoms with Crippen LogP contribution in [0, 0.1) is 11.6 Å². The van der Waals surface area contributed by atoms with Crippen molar-refractivity contribution in [2.45, 2.75) is 31.7 Å². The van der Waals surface area contributed by atoms with Gasteiger partial charge in [0.2, 0.25) is 0 Å². The molecule has 3 heterocycles. The zero-order valence-electron chi connectivity index (χ0n) is 15.7. The van der Waals surface area contributed by atoms with Gasteiger partial charge in [-0.1, -0.05) is 0 Å². The van der Waals surface area contributed by atoms with Crippen molar-refractivity contribution in [1.29, 1.82) is 0 Å². The predicted molar refractivity (Wildman–Crippen MR) is 100 cm³/mol. The van der Waals surface area contributed by atoms with Crippen molar-refractivity contribution in [3.8, 4) is 11.5 Å². The first-order chi connectivity index (χ1) is 13.8. The second kappa shape index (κ2) is 7.59. The van der Waals surface area contributed by atoms with Gasteiger partial charge in [-0.25, -0.2) is 17.6 Å². The first kappa shape index (κ1) is 19.6. The van der Waals surface area contributed by atoms with Crippen molar-refractivity contribution in [2.75, 3.05) is 13.1 Å². The fraction of sp³-hybridized carbons (Fsp3) is 0.333. The summed E-state index contributed by atoms with van der Waals surface area (Å²) in [6, 6.07) is 6.43. The first-order valence-corrected chi connectivity index (χ1v) is 9.31. The Kier molecular flexibility index (Phi) is 5.12. The largest absolute Gasteiger partial charge is 0.453 e. The number of hydrogen-bond donors (Lipinski definition) is 0. The summed E-state index contributed by atoms with van der Waals surface area (Å²) in [5, 5.41) is 0.686. The lowest BCUT2D eigenvalue weighted by Gasteiger charge is -2.35. The number of alkyl halides is 2. The van der Waals surface area contributed by atoms with Crippen LogP contribution in [0.1, 0.15) is 31.5 Å². The minimum atomic E-state index is -2.59. The van der Waals surface area contributed by atoms with Crippen LogP contribution in [0.15, 0.2) is 42.7 Å². The summed E-state index contributed by atoms with van der Waals surface area (Å²) in [6.07, 6.45) is 2.77. The van der Waals surface area contributed by atoms with Crippen molar-refractivity contribution in [3.05, 3.63) is 60.1 Å². The van der Waals surface area contributed by atoms with Gasteiger partial charge >= 0.3 is 0 Å². The van der Waals surface area contributed by atoms with Crippen molar-refractivity contribution >= 4 is 10.9 Å². The highest BCUT2D eigenvalue weighted by Gasteiger charge is 2.35. The number of likely N-dealkylation sites (tertiary alicyclic amines) is 1. The summed E-state index contributed by atoms with van der Waals surface area (Å²) in [5.74, 6) is -3.89. The number of aromatic nitrogens is 2. The van der Waals surface area contributed by atoms with Gasteiger partial charge in [-0.15, -0.1) is 0 Å². The Balaban J connectivity index is 1.52. The quantitative estimate of drug-likeness (QED) is 0.538. The van der Waals surface area contributed by atoms with E-state index in [0.717, 1.165) is 17.8 Å². The normalized spacial score (nSPS) is 18.0. The fourth-order valence-electron chi connectivity index (χ4n) is 3.41. The molecular weight excluding hydrogens is 386 g/mol. The summed E-state index contributed by atoms with van der Waals surface area (Å²) in [5.41, 5.74) is 1.41. The molecule has 4 rings (SSSR count). The van der Waals surface area contributed by atoms with Gasteiger partial charge in [0, 0.05) is 49.6 Å². The molecule has 0 amide bonds. The lowest BCUT2D eigenvalue weighted by Crippen LogP contribution is -2.40. The zero-order chi connectivity index (χ0) is 20.6. The molecule has 1 saturated heterocycles. The van der Waals surface area contributed by atoms with Crippen LogP contribution >= 0.6 is 0 Å². The first-order valence-electron chi connectivity index (χ1n) is 9.31. The molecule has 0 saturated carbocycles. The third kappa shape index (κ3) is 4.32. The molecule has 0 radical (unpaired) electrons. The van der Waals surface area contributed by atoms with E-state index in [-0.39, 0.29) is 24.6 Å². The molecule has 0 aliphatic carbocycles. The van der Waals surface area contributed by atoms with Crippen molar-refractivity contribution < 1.29 is 22.3 Å². The third-order valence-corrected chi connectivity index (χ3v) is 5.19. The number of hydrogen-bond acceptors (Lipinski definition) is 4. The molecule has 8 heteroatoms. The average Bonchev–Trinajstić information content (AvgIpc) is 2.69. The Morgan fingerprint density at radius 1 is 1.03 bits per heavy atom. The van der Waals surface area contributed by atoms with Crippen molar-refractivity contribution in [2.24, 2.45) is 0 Å². The Labute approximate surface area is 165 Å². The molecule has 29 heavy (non-hydrogen) atoms. The van der Waals surface area contributed by atoms with E-state index in [4.69, 9.17) is 4.74 Å². The van der Waals surface area contributed by atoms with Gasteiger partial charge in [-0.05, 0) is 31.2 Å². The molecule has 1 aliphatic heterocycles. The van der Waals surface area contributed by atoms with E-state index < -0.39 is 17.6 Å². The number of pyridine rings is 2. The molecule has 0 N–H and O–H groups in total. The molecule has 152 valence electrons. The minimum Gasteiger partial charge on any atom is -0.453 e. The smallest absolute Gasteiger partial charge is 0.250 e. The van der Waals surface area contributed by atoms with Crippen LogP contribution < -0.4 is 4.74 Å². The highest BCUT2D eigenvalue weighted by Crippen LogP contribution is 2.33. The molecule has 3 aromatic rings. The van der Waals surface area contributed by atoms with Crippen LogP contribution in [0.5, 0.6) is 11.5 Å². The molecular formula is C21H19F4N3O. The van der Waals surface area contributed by atoms with Crippen LogP contribution in [0.2, 0.25) is 0 Å². The van der Waals surface area contributed by atoms with Crippen molar-refractivity contribution in [1.82, 2.24) is 14.9 Å². The van der Waals surface area contributed by atoms with Gasteiger partial charge in [0.05, 0.1) is 17.4 Å². The number of fused-ring (bicyclic) bond motifs is 1. The van der Waals surface area contributed by atoms with E-state index >= 15 is 0 Å². The summed E-state index contributed by atoms with van der Waals surface area (Å²) in [4.78, 5) is 10.8. The predicted octanol–water partition coefficient (Wildman–Crippen LogP) is 5.49. The fourth-order valence-corrected chi connectivity index (χ4v) is 3.41. The summed E-state index contributed by atoms with van der Waals surface area (Å²) >= 11 is 0. The van der Waals surface area contributed by atoms with Gasteiger partial charge in [-0.3, -0.25) is 14.9 Å². The highest BCUT2D eigenvalue weighted by atomic mass is 19.3. The van der Waals surface area contributed by atoms with Gasteiger partial charge in [-0.2, -0.15) is 0 Å². The molecule has 0 spiro atoms. The van der Waals surface area contributed by atoms with E-state index in [9.17, 15) is 17.6 Å². The van der Waals surface area contributed by atoms with E-state index in [0.29, 0.717) is 29.7 Å². The minimum absolute atomic E-state index is 0.104. The Morgan fingerprint density at radius 3 is 2.52 bits per heavy atom. The zero-order valence-corrected chi connectivity index (χ0v) is 15.7. The lowest BCUT2D eigenvalue weighted by atomic mass is 10.0. The number of piperidine rings is 1. The number of rotatable bonds is 4. The monoisotopic (exact) mass is 405 g/mol. The number of nitrogens with zero attached hydrogens (tertiary/aromatic N) is 3. The number of halogens is 4. The topological polar surface area (TPSA) is 38.3 Å². The molecule has 1 aromatic carbocycles. The Hall–Kier alpha value is -2.74. The van der Waals surface area contributed by atoms with E-state index in [1.165, 1.54) is 12.3 Å². The Bertz CT molecular complexity index is 1030. The van der Waals surface area contributed by atoms with Gasteiger partial charge in [0.15, 0.2) is 11.6 Å². The highest BCUT2D eigenvalue weighted by molar-refractivity contribution is 5.79. The number of ether oxygens (including phenoxy) is 1. The third-order valence-electron chi connectivity index (χ3n) is 5.19. The van der Waals surface area contributed by atoms with Crippen LogP contribution in [-0.2, 0) is 0 Å².